The van der Waals surface area contributed by atoms with Gasteiger partial charge in [0.15, 0.2) is 0 Å². The quantitative estimate of drug-likeness (QED) is 0.871. The first-order valence-corrected chi connectivity index (χ1v) is 6.29. The SMILES string of the molecule is COc1ccc2c(c1)C(Nc1cn[nH]c1)CCC2. The molecule has 0 saturated heterocycles. The summed E-state index contributed by atoms with van der Waals surface area (Å²) in [6, 6.07) is 6.71. The highest BCUT2D eigenvalue weighted by molar-refractivity contribution is 5.46. The van der Waals surface area contributed by atoms with Crippen LogP contribution in [0.15, 0.2) is 30.6 Å². The van der Waals surface area contributed by atoms with Gasteiger partial charge < -0.3 is 10.1 Å². The average Bonchev–Trinajstić information content (AvgIpc) is 2.91. The Bertz CT molecular complexity index is 522. The normalized spacial score (nSPS) is 18.2. The smallest absolute Gasteiger partial charge is 0.119 e. The molecule has 94 valence electrons. The van der Waals surface area contributed by atoms with Gasteiger partial charge in [0.05, 0.1) is 25.0 Å². The van der Waals surface area contributed by atoms with E-state index in [1.165, 1.54) is 17.5 Å². The van der Waals surface area contributed by atoms with Crippen molar-refractivity contribution in [2.24, 2.45) is 0 Å². The lowest BCUT2D eigenvalue weighted by atomic mass is 9.87. The number of aryl methyl sites for hydroxylation is 1. The molecule has 3 rings (SSSR count). The third-order valence-electron chi connectivity index (χ3n) is 3.51. The Morgan fingerprint density at radius 2 is 2.39 bits per heavy atom. The van der Waals surface area contributed by atoms with Crippen LogP contribution in [-0.4, -0.2) is 17.3 Å². The molecule has 1 aliphatic rings. The van der Waals surface area contributed by atoms with E-state index in [1.807, 2.05) is 18.5 Å². The van der Waals surface area contributed by atoms with Crippen LogP contribution in [0.2, 0.25) is 0 Å². The summed E-state index contributed by atoms with van der Waals surface area (Å²) in [6.45, 7) is 0. The van der Waals surface area contributed by atoms with Gasteiger partial charge in [-0.3, -0.25) is 5.10 Å². The maximum absolute atomic E-state index is 5.32. The van der Waals surface area contributed by atoms with E-state index >= 15 is 0 Å². The highest BCUT2D eigenvalue weighted by atomic mass is 16.5. The van der Waals surface area contributed by atoms with Gasteiger partial charge in [0.2, 0.25) is 0 Å². The number of nitrogens with one attached hydrogen (secondary N) is 2. The van der Waals surface area contributed by atoms with Gasteiger partial charge in [-0.25, -0.2) is 0 Å². The number of anilines is 1. The molecule has 4 nitrogen and oxygen atoms in total. The van der Waals surface area contributed by atoms with Crippen molar-refractivity contribution in [3.63, 3.8) is 0 Å². The summed E-state index contributed by atoms with van der Waals surface area (Å²) >= 11 is 0. The molecule has 1 unspecified atom stereocenters. The maximum atomic E-state index is 5.32. The standard InChI is InChI=1S/C14H17N3O/c1-18-12-6-5-10-3-2-4-14(13(10)7-12)17-11-8-15-16-9-11/h5-9,14,17H,2-4H2,1H3,(H,15,16). The van der Waals surface area contributed by atoms with Crippen LogP contribution in [0.5, 0.6) is 5.75 Å². The first-order valence-electron chi connectivity index (χ1n) is 6.29. The predicted octanol–water partition coefficient (Wildman–Crippen LogP) is 2.91. The maximum Gasteiger partial charge on any atom is 0.119 e. The van der Waals surface area contributed by atoms with Crippen molar-refractivity contribution in [3.05, 3.63) is 41.7 Å². The van der Waals surface area contributed by atoms with Crippen LogP contribution in [0.4, 0.5) is 5.69 Å². The minimum atomic E-state index is 0.349. The van der Waals surface area contributed by atoms with E-state index in [-0.39, 0.29) is 0 Å². The van der Waals surface area contributed by atoms with Crippen LogP contribution in [0.1, 0.15) is 30.0 Å². The number of rotatable bonds is 3. The number of methoxy groups -OCH3 is 1. The highest BCUT2D eigenvalue weighted by Gasteiger charge is 2.20. The molecule has 0 amide bonds. The monoisotopic (exact) mass is 243 g/mol. The lowest BCUT2D eigenvalue weighted by molar-refractivity contribution is 0.413. The summed E-state index contributed by atoms with van der Waals surface area (Å²) in [6.07, 6.45) is 7.21. The van der Waals surface area contributed by atoms with Crippen molar-refractivity contribution in [2.45, 2.75) is 25.3 Å². The molecule has 0 radical (unpaired) electrons. The van der Waals surface area contributed by atoms with Gasteiger partial charge in [-0.15, -0.1) is 0 Å². The topological polar surface area (TPSA) is 49.9 Å². The van der Waals surface area contributed by atoms with E-state index in [9.17, 15) is 0 Å². The molecule has 1 heterocycles. The third-order valence-corrected chi connectivity index (χ3v) is 3.51. The number of aromatic amines is 1. The highest BCUT2D eigenvalue weighted by Crippen LogP contribution is 2.34. The fourth-order valence-corrected chi connectivity index (χ4v) is 2.59. The molecule has 0 spiro atoms. The summed E-state index contributed by atoms with van der Waals surface area (Å²) < 4.78 is 5.32. The molecular weight excluding hydrogens is 226 g/mol. The number of aromatic nitrogens is 2. The van der Waals surface area contributed by atoms with Gasteiger partial charge in [0.1, 0.15) is 5.75 Å². The first-order chi connectivity index (χ1) is 8.86. The number of H-pyrrole nitrogens is 1. The van der Waals surface area contributed by atoms with Crippen LogP contribution in [-0.2, 0) is 6.42 Å². The Kier molecular flexibility index (Phi) is 2.92. The number of hydrogen-bond donors (Lipinski definition) is 2. The molecule has 1 aromatic carbocycles. The number of hydrogen-bond acceptors (Lipinski definition) is 3. The lowest BCUT2D eigenvalue weighted by Gasteiger charge is -2.27. The van der Waals surface area contributed by atoms with Crippen molar-refractivity contribution >= 4 is 5.69 Å². The third kappa shape index (κ3) is 2.06. The number of fused-ring (bicyclic) bond motifs is 1. The van der Waals surface area contributed by atoms with Crippen molar-refractivity contribution in [3.8, 4) is 5.75 Å². The zero-order valence-corrected chi connectivity index (χ0v) is 10.4. The molecule has 0 saturated carbocycles. The van der Waals surface area contributed by atoms with Crippen LogP contribution in [0.3, 0.4) is 0 Å². The van der Waals surface area contributed by atoms with Gasteiger partial charge in [-0.05, 0) is 42.5 Å². The fraction of sp³-hybridized carbons (Fsp3) is 0.357. The Morgan fingerprint density at radius 3 is 3.17 bits per heavy atom. The van der Waals surface area contributed by atoms with Crippen molar-refractivity contribution in [1.29, 1.82) is 0 Å². The number of ether oxygens (including phenoxy) is 1. The van der Waals surface area contributed by atoms with E-state index in [2.05, 4.69) is 27.6 Å². The summed E-state index contributed by atoms with van der Waals surface area (Å²) in [5.74, 6) is 0.926. The summed E-state index contributed by atoms with van der Waals surface area (Å²) in [5.41, 5.74) is 3.81. The Morgan fingerprint density at radius 1 is 1.44 bits per heavy atom. The molecule has 2 aromatic rings. The molecule has 0 fully saturated rings. The number of nitrogens with zero attached hydrogens (tertiary/aromatic N) is 1. The molecule has 18 heavy (non-hydrogen) atoms. The van der Waals surface area contributed by atoms with Gasteiger partial charge in [0.25, 0.3) is 0 Å². The van der Waals surface area contributed by atoms with Crippen molar-refractivity contribution in [2.75, 3.05) is 12.4 Å². The van der Waals surface area contributed by atoms with E-state index < -0.39 is 0 Å². The average molecular weight is 243 g/mol. The van der Waals surface area contributed by atoms with Crippen LogP contribution in [0.25, 0.3) is 0 Å². The molecule has 1 aromatic heterocycles. The molecule has 1 atom stereocenters. The van der Waals surface area contributed by atoms with E-state index in [0.717, 1.165) is 24.3 Å². The van der Waals surface area contributed by atoms with E-state index in [0.29, 0.717) is 6.04 Å². The van der Waals surface area contributed by atoms with E-state index in [4.69, 9.17) is 4.74 Å². The molecule has 0 bridgehead atoms. The van der Waals surface area contributed by atoms with Gasteiger partial charge in [-0.2, -0.15) is 5.10 Å². The minimum absolute atomic E-state index is 0.349. The Labute approximate surface area is 106 Å². The summed E-state index contributed by atoms with van der Waals surface area (Å²) in [7, 11) is 1.71. The van der Waals surface area contributed by atoms with Crippen LogP contribution in [0, 0.1) is 0 Å². The van der Waals surface area contributed by atoms with Gasteiger partial charge in [-0.1, -0.05) is 6.07 Å². The van der Waals surface area contributed by atoms with Crippen molar-refractivity contribution < 1.29 is 4.74 Å². The van der Waals surface area contributed by atoms with Gasteiger partial charge >= 0.3 is 0 Å². The van der Waals surface area contributed by atoms with Crippen LogP contribution >= 0.6 is 0 Å². The molecule has 4 heteroatoms. The Hall–Kier alpha value is -1.97. The van der Waals surface area contributed by atoms with Crippen LogP contribution < -0.4 is 10.1 Å². The van der Waals surface area contributed by atoms with E-state index in [1.54, 1.807) is 7.11 Å². The lowest BCUT2D eigenvalue weighted by Crippen LogP contribution is -2.17. The van der Waals surface area contributed by atoms with Gasteiger partial charge in [0, 0.05) is 6.20 Å². The minimum Gasteiger partial charge on any atom is -0.497 e. The predicted molar refractivity (Wildman–Crippen MR) is 70.9 cm³/mol. The fourth-order valence-electron chi connectivity index (χ4n) is 2.59. The largest absolute Gasteiger partial charge is 0.497 e. The second-order valence-electron chi connectivity index (χ2n) is 4.64. The molecule has 0 aliphatic heterocycles. The zero-order valence-electron chi connectivity index (χ0n) is 10.4. The second-order valence-corrected chi connectivity index (χ2v) is 4.64. The number of benzene rings is 1. The zero-order chi connectivity index (χ0) is 12.4. The summed E-state index contributed by atoms with van der Waals surface area (Å²) in [5, 5.41) is 10.3. The first kappa shape index (κ1) is 11.1. The molecular formula is C14H17N3O. The second kappa shape index (κ2) is 4.72. The summed E-state index contributed by atoms with van der Waals surface area (Å²) in [4.78, 5) is 0. The Balaban J connectivity index is 1.90. The molecule has 2 N–H and O–H groups in total. The van der Waals surface area contributed by atoms with Crippen molar-refractivity contribution in [1.82, 2.24) is 10.2 Å². The molecule has 1 aliphatic carbocycles.